The highest BCUT2D eigenvalue weighted by Gasteiger charge is 2.03. The lowest BCUT2D eigenvalue weighted by molar-refractivity contribution is -0.121. The number of halogens is 1. The largest absolute Gasteiger partial charge is 0.356 e. The second kappa shape index (κ2) is 7.36. The van der Waals surface area contributed by atoms with Gasteiger partial charge in [-0.05, 0) is 18.8 Å². The summed E-state index contributed by atoms with van der Waals surface area (Å²) in [6, 6.07) is 0. The molecule has 1 atom stereocenters. The van der Waals surface area contributed by atoms with Crippen molar-refractivity contribution in [2.75, 3.05) is 6.54 Å². The Kier molecular flexibility index (Phi) is 7.33. The third-order valence-electron chi connectivity index (χ3n) is 1.81. The Morgan fingerprint density at radius 3 is 2.38 bits per heavy atom. The molecule has 2 nitrogen and oxygen atoms in total. The smallest absolute Gasteiger partial charge is 0.220 e. The van der Waals surface area contributed by atoms with E-state index in [0.717, 1.165) is 19.4 Å². The number of carbonyl (C=O) groups is 1. The summed E-state index contributed by atoms with van der Waals surface area (Å²) >= 11 is 3.44. The van der Waals surface area contributed by atoms with Crippen LogP contribution in [0.15, 0.2) is 0 Å². The van der Waals surface area contributed by atoms with E-state index in [1.165, 1.54) is 0 Å². The third kappa shape index (κ3) is 9.87. The molecule has 0 saturated carbocycles. The van der Waals surface area contributed by atoms with Gasteiger partial charge in [-0.2, -0.15) is 0 Å². The molecule has 0 bridgehead atoms. The predicted molar refractivity (Wildman–Crippen MR) is 60.1 cm³/mol. The number of rotatable bonds is 6. The number of hydrogen-bond acceptors (Lipinski definition) is 1. The summed E-state index contributed by atoms with van der Waals surface area (Å²) in [5.41, 5.74) is 0. The van der Waals surface area contributed by atoms with Crippen LogP contribution in [0.3, 0.4) is 0 Å². The molecule has 0 fully saturated rings. The Hall–Kier alpha value is -0.0500. The van der Waals surface area contributed by atoms with Gasteiger partial charge in [-0.3, -0.25) is 4.79 Å². The molecule has 0 radical (unpaired) electrons. The van der Waals surface area contributed by atoms with Crippen LogP contribution in [0.5, 0.6) is 0 Å². The van der Waals surface area contributed by atoms with E-state index in [4.69, 9.17) is 0 Å². The van der Waals surface area contributed by atoms with Gasteiger partial charge in [-0.25, -0.2) is 0 Å². The standard InChI is InChI=1S/C10H20BrNO/c1-8(2)4-5-10(13)12-7-6-9(3)11/h8-9H,4-7H2,1-3H3,(H,12,13). The molecule has 1 unspecified atom stereocenters. The van der Waals surface area contributed by atoms with E-state index < -0.39 is 0 Å². The van der Waals surface area contributed by atoms with Gasteiger partial charge in [-0.1, -0.05) is 36.7 Å². The highest BCUT2D eigenvalue weighted by atomic mass is 79.9. The number of carbonyl (C=O) groups excluding carboxylic acids is 1. The fourth-order valence-electron chi connectivity index (χ4n) is 0.919. The highest BCUT2D eigenvalue weighted by molar-refractivity contribution is 9.09. The Morgan fingerprint density at radius 1 is 1.31 bits per heavy atom. The molecule has 1 amide bonds. The fourth-order valence-corrected chi connectivity index (χ4v) is 1.15. The van der Waals surface area contributed by atoms with Crippen molar-refractivity contribution in [3.05, 3.63) is 0 Å². The lowest BCUT2D eigenvalue weighted by atomic mass is 10.1. The Labute approximate surface area is 89.6 Å². The number of nitrogens with one attached hydrogen (secondary N) is 1. The molecule has 0 rings (SSSR count). The molecule has 0 aromatic rings. The molecule has 0 spiro atoms. The van der Waals surface area contributed by atoms with E-state index in [0.29, 0.717) is 17.2 Å². The molecule has 0 heterocycles. The first kappa shape index (κ1) is 12.9. The van der Waals surface area contributed by atoms with Gasteiger partial charge in [0.1, 0.15) is 0 Å². The first-order chi connectivity index (χ1) is 6.02. The number of amides is 1. The van der Waals surface area contributed by atoms with Crippen molar-refractivity contribution >= 4 is 21.8 Å². The van der Waals surface area contributed by atoms with Crippen LogP contribution in [0, 0.1) is 5.92 Å². The van der Waals surface area contributed by atoms with Crippen molar-refractivity contribution in [3.8, 4) is 0 Å². The average molecular weight is 250 g/mol. The van der Waals surface area contributed by atoms with Crippen LogP contribution in [0.4, 0.5) is 0 Å². The van der Waals surface area contributed by atoms with Crippen molar-refractivity contribution < 1.29 is 4.79 Å². The van der Waals surface area contributed by atoms with Gasteiger partial charge < -0.3 is 5.32 Å². The van der Waals surface area contributed by atoms with Crippen LogP contribution in [0.2, 0.25) is 0 Å². The predicted octanol–water partition coefficient (Wildman–Crippen LogP) is 2.71. The van der Waals surface area contributed by atoms with E-state index in [-0.39, 0.29) is 5.91 Å². The maximum atomic E-state index is 11.2. The van der Waals surface area contributed by atoms with Crippen LogP contribution >= 0.6 is 15.9 Å². The highest BCUT2D eigenvalue weighted by Crippen LogP contribution is 2.04. The molecule has 0 saturated heterocycles. The van der Waals surface area contributed by atoms with Crippen LogP contribution in [0.25, 0.3) is 0 Å². The Balaban J connectivity index is 3.30. The topological polar surface area (TPSA) is 29.1 Å². The third-order valence-corrected chi connectivity index (χ3v) is 2.27. The molecule has 0 aromatic carbocycles. The van der Waals surface area contributed by atoms with Crippen molar-refractivity contribution in [3.63, 3.8) is 0 Å². The molecular formula is C10H20BrNO. The van der Waals surface area contributed by atoms with E-state index >= 15 is 0 Å². The van der Waals surface area contributed by atoms with Crippen LogP contribution < -0.4 is 5.32 Å². The summed E-state index contributed by atoms with van der Waals surface area (Å²) in [4.78, 5) is 11.7. The fraction of sp³-hybridized carbons (Fsp3) is 0.900. The monoisotopic (exact) mass is 249 g/mol. The van der Waals surface area contributed by atoms with E-state index in [9.17, 15) is 4.79 Å². The van der Waals surface area contributed by atoms with Crippen LogP contribution in [-0.4, -0.2) is 17.3 Å². The zero-order valence-corrected chi connectivity index (χ0v) is 10.4. The zero-order valence-electron chi connectivity index (χ0n) is 8.77. The molecule has 0 aromatic heterocycles. The minimum Gasteiger partial charge on any atom is -0.356 e. The first-order valence-electron chi connectivity index (χ1n) is 4.93. The average Bonchev–Trinajstić information content (AvgIpc) is 2.00. The van der Waals surface area contributed by atoms with E-state index in [2.05, 4.69) is 42.0 Å². The lowest BCUT2D eigenvalue weighted by Crippen LogP contribution is -2.25. The summed E-state index contributed by atoms with van der Waals surface area (Å²) in [7, 11) is 0. The maximum absolute atomic E-state index is 11.2. The summed E-state index contributed by atoms with van der Waals surface area (Å²) in [5, 5.41) is 2.90. The summed E-state index contributed by atoms with van der Waals surface area (Å²) in [5.74, 6) is 0.794. The van der Waals surface area contributed by atoms with Gasteiger partial charge in [0.25, 0.3) is 0 Å². The van der Waals surface area contributed by atoms with Crippen LogP contribution in [-0.2, 0) is 4.79 Å². The molecule has 13 heavy (non-hydrogen) atoms. The minimum absolute atomic E-state index is 0.182. The molecule has 3 heteroatoms. The van der Waals surface area contributed by atoms with Crippen molar-refractivity contribution in [1.29, 1.82) is 0 Å². The van der Waals surface area contributed by atoms with Crippen LogP contribution in [0.1, 0.15) is 40.0 Å². The molecule has 1 N–H and O–H groups in total. The van der Waals surface area contributed by atoms with Gasteiger partial charge in [0.15, 0.2) is 0 Å². The van der Waals surface area contributed by atoms with E-state index in [1.54, 1.807) is 0 Å². The molecule has 0 aliphatic heterocycles. The molecule has 0 aliphatic carbocycles. The zero-order chi connectivity index (χ0) is 10.3. The van der Waals surface area contributed by atoms with Gasteiger partial charge in [0.05, 0.1) is 0 Å². The Morgan fingerprint density at radius 2 is 1.92 bits per heavy atom. The second-order valence-corrected chi connectivity index (χ2v) is 5.42. The maximum Gasteiger partial charge on any atom is 0.220 e. The lowest BCUT2D eigenvalue weighted by Gasteiger charge is -2.07. The SMILES string of the molecule is CC(C)CCC(=O)NCCC(C)Br. The van der Waals surface area contributed by atoms with E-state index in [1.807, 2.05) is 0 Å². The summed E-state index contributed by atoms with van der Waals surface area (Å²) in [6.07, 6.45) is 2.64. The normalized spacial score (nSPS) is 13.0. The van der Waals surface area contributed by atoms with Gasteiger partial charge in [0, 0.05) is 17.8 Å². The van der Waals surface area contributed by atoms with Crippen molar-refractivity contribution in [2.24, 2.45) is 5.92 Å². The van der Waals surface area contributed by atoms with Crippen molar-refractivity contribution in [2.45, 2.75) is 44.9 Å². The summed E-state index contributed by atoms with van der Waals surface area (Å²) < 4.78 is 0. The Bertz CT molecular complexity index is 146. The number of hydrogen-bond donors (Lipinski definition) is 1. The molecule has 78 valence electrons. The second-order valence-electron chi connectivity index (χ2n) is 3.85. The summed E-state index contributed by atoms with van der Waals surface area (Å²) in [6.45, 7) is 7.13. The van der Waals surface area contributed by atoms with Gasteiger partial charge >= 0.3 is 0 Å². The van der Waals surface area contributed by atoms with Crippen molar-refractivity contribution in [1.82, 2.24) is 5.32 Å². The molecule has 0 aliphatic rings. The molecular weight excluding hydrogens is 230 g/mol. The number of alkyl halides is 1. The van der Waals surface area contributed by atoms with Gasteiger partial charge in [0.2, 0.25) is 5.91 Å². The quantitative estimate of drug-likeness (QED) is 0.721. The van der Waals surface area contributed by atoms with Gasteiger partial charge in [-0.15, -0.1) is 0 Å². The first-order valence-corrected chi connectivity index (χ1v) is 5.84. The minimum atomic E-state index is 0.182.